The lowest BCUT2D eigenvalue weighted by Crippen LogP contribution is -2.25. The van der Waals surface area contributed by atoms with Crippen LogP contribution in [0.4, 0.5) is 5.82 Å². The van der Waals surface area contributed by atoms with Crippen LogP contribution in [0.15, 0.2) is 36.7 Å². The van der Waals surface area contributed by atoms with Gasteiger partial charge in [-0.3, -0.25) is 4.98 Å². The highest BCUT2D eigenvalue weighted by atomic mass is 15.5. The fourth-order valence-electron chi connectivity index (χ4n) is 2.57. The van der Waals surface area contributed by atoms with Crippen LogP contribution in [0.5, 0.6) is 0 Å². The van der Waals surface area contributed by atoms with Gasteiger partial charge in [0.2, 0.25) is 0 Å². The number of rotatable bonds is 3. The van der Waals surface area contributed by atoms with Crippen LogP contribution >= 0.6 is 0 Å². The van der Waals surface area contributed by atoms with Crippen LogP contribution in [0.2, 0.25) is 0 Å². The molecule has 6 nitrogen and oxygen atoms in total. The SMILES string of the molecule is c1ccc2c(c1)CC2CNc1cncc2nnnn12. The van der Waals surface area contributed by atoms with E-state index in [4.69, 9.17) is 0 Å². The maximum absolute atomic E-state index is 4.13. The summed E-state index contributed by atoms with van der Waals surface area (Å²) in [6.45, 7) is 0.873. The molecule has 2 aromatic heterocycles. The Bertz CT molecular complexity index is 735. The topological polar surface area (TPSA) is 68.0 Å². The lowest BCUT2D eigenvalue weighted by atomic mass is 9.78. The quantitative estimate of drug-likeness (QED) is 0.760. The third-order valence-electron chi connectivity index (χ3n) is 3.60. The number of benzene rings is 1. The zero-order valence-corrected chi connectivity index (χ0v) is 10.2. The third-order valence-corrected chi connectivity index (χ3v) is 3.60. The standard InChI is InChI=1S/C13H12N6/c1-2-4-11-9(3-1)5-10(11)6-15-12-7-14-8-13-16-17-18-19(12)13/h1-4,7-8,10,15H,5-6H2. The van der Waals surface area contributed by atoms with Gasteiger partial charge in [-0.1, -0.05) is 24.3 Å². The number of hydrogen-bond donors (Lipinski definition) is 1. The smallest absolute Gasteiger partial charge is 0.199 e. The maximum Gasteiger partial charge on any atom is 0.199 e. The molecule has 6 heteroatoms. The van der Waals surface area contributed by atoms with E-state index in [1.165, 1.54) is 11.1 Å². The van der Waals surface area contributed by atoms with Crippen LogP contribution in [0.1, 0.15) is 17.0 Å². The molecule has 1 unspecified atom stereocenters. The Morgan fingerprint density at radius 3 is 3.16 bits per heavy atom. The van der Waals surface area contributed by atoms with E-state index >= 15 is 0 Å². The summed E-state index contributed by atoms with van der Waals surface area (Å²) in [5, 5.41) is 14.8. The second kappa shape index (κ2) is 4.01. The van der Waals surface area contributed by atoms with Crippen LogP contribution in [0, 0.1) is 0 Å². The summed E-state index contributed by atoms with van der Waals surface area (Å²) in [5.74, 6) is 1.38. The molecule has 2 heterocycles. The van der Waals surface area contributed by atoms with Crippen molar-refractivity contribution in [2.75, 3.05) is 11.9 Å². The molecule has 0 fully saturated rings. The van der Waals surface area contributed by atoms with Crippen molar-refractivity contribution in [2.24, 2.45) is 0 Å². The molecule has 0 saturated heterocycles. The Morgan fingerprint density at radius 2 is 2.21 bits per heavy atom. The maximum atomic E-state index is 4.13. The van der Waals surface area contributed by atoms with Crippen molar-refractivity contribution >= 4 is 11.5 Å². The van der Waals surface area contributed by atoms with Crippen molar-refractivity contribution in [3.05, 3.63) is 47.8 Å². The minimum atomic E-state index is 0.558. The average Bonchev–Trinajstić information content (AvgIpc) is 2.89. The number of nitrogens with one attached hydrogen (secondary N) is 1. The van der Waals surface area contributed by atoms with E-state index in [0.29, 0.717) is 11.6 Å². The van der Waals surface area contributed by atoms with Crippen molar-refractivity contribution < 1.29 is 0 Å². The summed E-state index contributed by atoms with van der Waals surface area (Å²) >= 11 is 0. The molecule has 0 spiro atoms. The fraction of sp³-hybridized carbons (Fsp3) is 0.231. The Morgan fingerprint density at radius 1 is 1.26 bits per heavy atom. The van der Waals surface area contributed by atoms with Crippen molar-refractivity contribution in [3.63, 3.8) is 0 Å². The zero-order chi connectivity index (χ0) is 12.7. The molecule has 1 N–H and O–H groups in total. The minimum Gasteiger partial charge on any atom is -0.368 e. The number of tetrazole rings is 1. The second-order valence-electron chi connectivity index (χ2n) is 4.72. The van der Waals surface area contributed by atoms with Gasteiger partial charge in [-0.05, 0) is 28.0 Å². The lowest BCUT2D eigenvalue weighted by Gasteiger charge is -2.30. The molecule has 1 aromatic carbocycles. The molecule has 1 atom stereocenters. The zero-order valence-electron chi connectivity index (χ0n) is 10.2. The minimum absolute atomic E-state index is 0.558. The highest BCUT2D eigenvalue weighted by Crippen LogP contribution is 2.34. The number of nitrogens with zero attached hydrogens (tertiary/aromatic N) is 5. The highest BCUT2D eigenvalue weighted by molar-refractivity contribution is 5.46. The van der Waals surface area contributed by atoms with Gasteiger partial charge in [0.1, 0.15) is 5.82 Å². The van der Waals surface area contributed by atoms with Crippen LogP contribution in [-0.2, 0) is 6.42 Å². The fourth-order valence-corrected chi connectivity index (χ4v) is 2.57. The summed E-state index contributed by atoms with van der Waals surface area (Å²) in [6.07, 6.45) is 4.51. The summed E-state index contributed by atoms with van der Waals surface area (Å²) in [5.41, 5.74) is 3.54. The van der Waals surface area contributed by atoms with Gasteiger partial charge in [0.15, 0.2) is 5.65 Å². The number of aromatic nitrogens is 5. The molecule has 1 aliphatic carbocycles. The predicted molar refractivity (Wildman–Crippen MR) is 70.0 cm³/mol. The predicted octanol–water partition coefficient (Wildman–Crippen LogP) is 1.27. The molecule has 94 valence electrons. The molecule has 3 aromatic rings. The van der Waals surface area contributed by atoms with Crippen LogP contribution in [0.25, 0.3) is 5.65 Å². The van der Waals surface area contributed by atoms with E-state index < -0.39 is 0 Å². The summed E-state index contributed by atoms with van der Waals surface area (Å²) in [6, 6.07) is 8.57. The van der Waals surface area contributed by atoms with Gasteiger partial charge in [-0.15, -0.1) is 5.10 Å². The van der Waals surface area contributed by atoms with E-state index in [1.54, 1.807) is 16.9 Å². The number of anilines is 1. The molecule has 0 aliphatic heterocycles. The van der Waals surface area contributed by atoms with Gasteiger partial charge < -0.3 is 5.32 Å². The Labute approximate surface area is 109 Å². The van der Waals surface area contributed by atoms with Crippen LogP contribution in [-0.4, -0.2) is 31.6 Å². The van der Waals surface area contributed by atoms with E-state index in [-0.39, 0.29) is 0 Å². The molecule has 0 saturated carbocycles. The van der Waals surface area contributed by atoms with Crippen molar-refractivity contribution in [2.45, 2.75) is 12.3 Å². The summed E-state index contributed by atoms with van der Waals surface area (Å²) in [4.78, 5) is 4.13. The summed E-state index contributed by atoms with van der Waals surface area (Å²) in [7, 11) is 0. The Hall–Kier alpha value is -2.50. The number of hydrogen-bond acceptors (Lipinski definition) is 5. The first-order valence-corrected chi connectivity index (χ1v) is 6.25. The number of fused-ring (bicyclic) bond motifs is 2. The second-order valence-corrected chi connectivity index (χ2v) is 4.72. The Kier molecular flexibility index (Phi) is 2.20. The molecule has 0 radical (unpaired) electrons. The summed E-state index contributed by atoms with van der Waals surface area (Å²) < 4.78 is 1.66. The molecule has 0 amide bonds. The first-order chi connectivity index (χ1) is 9.42. The first-order valence-electron chi connectivity index (χ1n) is 6.25. The molecule has 1 aliphatic rings. The van der Waals surface area contributed by atoms with Gasteiger partial charge in [-0.25, -0.2) is 0 Å². The van der Waals surface area contributed by atoms with E-state index in [9.17, 15) is 0 Å². The molecule has 4 rings (SSSR count). The lowest BCUT2D eigenvalue weighted by molar-refractivity contribution is 0.632. The van der Waals surface area contributed by atoms with Crippen LogP contribution in [0.3, 0.4) is 0 Å². The molecular formula is C13H12N6. The molecule has 19 heavy (non-hydrogen) atoms. The van der Waals surface area contributed by atoms with E-state index in [0.717, 1.165) is 18.8 Å². The normalized spacial score (nSPS) is 16.9. The van der Waals surface area contributed by atoms with Gasteiger partial charge in [0.05, 0.1) is 12.4 Å². The van der Waals surface area contributed by atoms with E-state index in [2.05, 4.69) is 50.1 Å². The van der Waals surface area contributed by atoms with Gasteiger partial charge >= 0.3 is 0 Å². The van der Waals surface area contributed by atoms with Crippen molar-refractivity contribution in [1.29, 1.82) is 0 Å². The molecular weight excluding hydrogens is 240 g/mol. The van der Waals surface area contributed by atoms with E-state index in [1.807, 2.05) is 0 Å². The van der Waals surface area contributed by atoms with Crippen molar-refractivity contribution in [1.82, 2.24) is 25.0 Å². The average molecular weight is 252 g/mol. The van der Waals surface area contributed by atoms with Gasteiger partial charge in [-0.2, -0.15) is 4.52 Å². The largest absolute Gasteiger partial charge is 0.368 e. The van der Waals surface area contributed by atoms with Crippen LogP contribution < -0.4 is 5.32 Å². The third kappa shape index (κ3) is 1.64. The highest BCUT2D eigenvalue weighted by Gasteiger charge is 2.25. The Balaban J connectivity index is 1.53. The monoisotopic (exact) mass is 252 g/mol. The molecule has 0 bridgehead atoms. The van der Waals surface area contributed by atoms with Gasteiger partial charge in [0, 0.05) is 12.5 Å². The first kappa shape index (κ1) is 10.4. The van der Waals surface area contributed by atoms with Crippen molar-refractivity contribution in [3.8, 4) is 0 Å². The van der Waals surface area contributed by atoms with Gasteiger partial charge in [0.25, 0.3) is 0 Å².